The third-order valence-electron chi connectivity index (χ3n) is 1.32. The van der Waals surface area contributed by atoms with Crippen LogP contribution in [0.4, 0.5) is 0 Å². The predicted octanol–water partition coefficient (Wildman–Crippen LogP) is 1.54. The minimum atomic E-state index is -0.558. The smallest absolute Gasteiger partial charge is 0.272 e. The lowest BCUT2D eigenvalue weighted by Gasteiger charge is -1.91. The first-order chi connectivity index (χ1) is 5.15. The molecule has 0 unspecified atom stereocenters. The molecule has 1 aromatic heterocycles. The van der Waals surface area contributed by atoms with Crippen molar-refractivity contribution in [3.05, 3.63) is 17.5 Å². The number of halogens is 2. The number of aryl methyl sites for hydroxylation is 1. The molecule has 0 aromatic carbocycles. The largest absolute Gasteiger partial charge is 0.274 e. The van der Waals surface area contributed by atoms with Crippen LogP contribution in [0.15, 0.2) is 6.07 Å². The van der Waals surface area contributed by atoms with Crippen LogP contribution in [0.2, 0.25) is 0 Å². The normalized spacial score (nSPS) is 10.1. The molecular formula is C6H6Cl2N2O. The van der Waals surface area contributed by atoms with Crippen molar-refractivity contribution in [2.24, 2.45) is 7.05 Å². The number of carbonyl (C=O) groups excluding carboxylic acids is 1. The molecule has 1 heterocycles. The van der Waals surface area contributed by atoms with E-state index < -0.39 is 5.24 Å². The summed E-state index contributed by atoms with van der Waals surface area (Å²) in [5, 5.41) is 3.27. The quantitative estimate of drug-likeness (QED) is 0.527. The van der Waals surface area contributed by atoms with E-state index in [0.717, 1.165) is 5.69 Å². The Morgan fingerprint density at radius 2 is 2.45 bits per heavy atom. The maximum atomic E-state index is 10.6. The van der Waals surface area contributed by atoms with Crippen molar-refractivity contribution in [2.45, 2.75) is 5.88 Å². The first-order valence-electron chi connectivity index (χ1n) is 2.94. The highest BCUT2D eigenvalue weighted by molar-refractivity contribution is 6.67. The summed E-state index contributed by atoms with van der Waals surface area (Å²) >= 11 is 10.7. The summed E-state index contributed by atoms with van der Waals surface area (Å²) in [4.78, 5) is 10.6. The van der Waals surface area contributed by atoms with Gasteiger partial charge in [0, 0.05) is 7.05 Å². The van der Waals surface area contributed by atoms with Crippen molar-refractivity contribution in [3.8, 4) is 0 Å². The molecule has 0 N–H and O–H groups in total. The topological polar surface area (TPSA) is 34.9 Å². The average molecular weight is 193 g/mol. The molecule has 0 spiro atoms. The van der Waals surface area contributed by atoms with Gasteiger partial charge in [0.2, 0.25) is 0 Å². The van der Waals surface area contributed by atoms with Gasteiger partial charge in [-0.1, -0.05) is 0 Å². The van der Waals surface area contributed by atoms with Crippen LogP contribution in [0.1, 0.15) is 16.2 Å². The molecular weight excluding hydrogens is 187 g/mol. The van der Waals surface area contributed by atoms with E-state index in [1.165, 1.54) is 4.68 Å². The first kappa shape index (κ1) is 8.56. The van der Waals surface area contributed by atoms with Gasteiger partial charge in [0.1, 0.15) is 5.69 Å². The lowest BCUT2D eigenvalue weighted by Crippen LogP contribution is -1.96. The fourth-order valence-corrected chi connectivity index (χ4v) is 1.07. The maximum Gasteiger partial charge on any atom is 0.272 e. The fourth-order valence-electron chi connectivity index (χ4n) is 0.727. The second-order valence-corrected chi connectivity index (χ2v) is 2.66. The highest BCUT2D eigenvalue weighted by Crippen LogP contribution is 2.07. The lowest BCUT2D eigenvalue weighted by molar-refractivity contribution is 0.107. The van der Waals surface area contributed by atoms with Gasteiger partial charge in [-0.25, -0.2) is 0 Å². The van der Waals surface area contributed by atoms with Gasteiger partial charge in [0.15, 0.2) is 0 Å². The van der Waals surface area contributed by atoms with Gasteiger partial charge in [-0.05, 0) is 17.7 Å². The molecule has 5 heteroatoms. The Bertz CT molecular complexity index is 282. The molecule has 0 saturated heterocycles. The molecule has 0 aliphatic rings. The summed E-state index contributed by atoms with van der Waals surface area (Å²) in [6.45, 7) is 0. The number of alkyl halides is 1. The van der Waals surface area contributed by atoms with Gasteiger partial charge in [0.05, 0.1) is 11.6 Å². The zero-order valence-electron chi connectivity index (χ0n) is 5.84. The van der Waals surface area contributed by atoms with Gasteiger partial charge in [-0.3, -0.25) is 9.48 Å². The highest BCUT2D eigenvalue weighted by Gasteiger charge is 2.08. The van der Waals surface area contributed by atoms with E-state index in [-0.39, 0.29) is 5.69 Å². The van der Waals surface area contributed by atoms with Crippen molar-refractivity contribution in [2.75, 3.05) is 0 Å². The number of nitrogens with zero attached hydrogens (tertiary/aromatic N) is 2. The molecule has 3 nitrogen and oxygen atoms in total. The number of rotatable bonds is 2. The summed E-state index contributed by atoms with van der Waals surface area (Å²) in [7, 11) is 1.71. The minimum Gasteiger partial charge on any atom is -0.274 e. The van der Waals surface area contributed by atoms with Crippen molar-refractivity contribution in [1.29, 1.82) is 0 Å². The summed E-state index contributed by atoms with van der Waals surface area (Å²) < 4.78 is 1.53. The molecule has 11 heavy (non-hydrogen) atoms. The van der Waals surface area contributed by atoms with E-state index in [1.807, 2.05) is 0 Å². The van der Waals surface area contributed by atoms with E-state index in [0.29, 0.717) is 5.88 Å². The summed E-state index contributed by atoms with van der Waals surface area (Å²) in [6, 6.07) is 1.57. The number of hydrogen-bond acceptors (Lipinski definition) is 2. The molecule has 1 rings (SSSR count). The third kappa shape index (κ3) is 1.73. The fraction of sp³-hybridized carbons (Fsp3) is 0.333. The zero-order chi connectivity index (χ0) is 8.43. The second kappa shape index (κ2) is 3.24. The highest BCUT2D eigenvalue weighted by atomic mass is 35.5. The van der Waals surface area contributed by atoms with E-state index in [1.54, 1.807) is 13.1 Å². The summed E-state index contributed by atoms with van der Waals surface area (Å²) in [6.07, 6.45) is 0. The van der Waals surface area contributed by atoms with Gasteiger partial charge in [-0.2, -0.15) is 5.10 Å². The summed E-state index contributed by atoms with van der Waals surface area (Å²) in [5.74, 6) is 0.327. The Kier molecular flexibility index (Phi) is 2.52. The predicted molar refractivity (Wildman–Crippen MR) is 42.9 cm³/mol. The Labute approximate surface area is 73.9 Å². The third-order valence-corrected chi connectivity index (χ3v) is 1.78. The Morgan fingerprint density at radius 1 is 1.82 bits per heavy atom. The van der Waals surface area contributed by atoms with Gasteiger partial charge < -0.3 is 0 Å². The van der Waals surface area contributed by atoms with Crippen molar-refractivity contribution >= 4 is 28.4 Å². The second-order valence-electron chi connectivity index (χ2n) is 2.05. The van der Waals surface area contributed by atoms with Crippen LogP contribution in [0, 0.1) is 0 Å². The number of carbonyl (C=O) groups is 1. The molecule has 0 aliphatic carbocycles. The van der Waals surface area contributed by atoms with E-state index >= 15 is 0 Å². The van der Waals surface area contributed by atoms with E-state index in [9.17, 15) is 4.79 Å². The van der Waals surface area contributed by atoms with E-state index in [4.69, 9.17) is 23.2 Å². The molecule has 0 fully saturated rings. The van der Waals surface area contributed by atoms with Crippen LogP contribution in [0.3, 0.4) is 0 Å². The minimum absolute atomic E-state index is 0.241. The monoisotopic (exact) mass is 192 g/mol. The molecule has 1 aromatic rings. The maximum absolute atomic E-state index is 10.6. The van der Waals surface area contributed by atoms with Crippen LogP contribution in [0.25, 0.3) is 0 Å². The van der Waals surface area contributed by atoms with Gasteiger partial charge >= 0.3 is 0 Å². The summed E-state index contributed by atoms with van der Waals surface area (Å²) in [5.41, 5.74) is 1.01. The molecule has 0 aliphatic heterocycles. The molecule has 0 bridgehead atoms. The van der Waals surface area contributed by atoms with Gasteiger partial charge in [-0.15, -0.1) is 11.6 Å². The molecule has 0 amide bonds. The van der Waals surface area contributed by atoms with Crippen molar-refractivity contribution in [3.63, 3.8) is 0 Å². The molecule has 0 saturated carbocycles. The van der Waals surface area contributed by atoms with Crippen molar-refractivity contribution in [1.82, 2.24) is 9.78 Å². The first-order valence-corrected chi connectivity index (χ1v) is 3.85. The Morgan fingerprint density at radius 3 is 2.73 bits per heavy atom. The van der Waals surface area contributed by atoms with Crippen LogP contribution in [-0.4, -0.2) is 15.0 Å². The molecule has 60 valence electrons. The van der Waals surface area contributed by atoms with Crippen molar-refractivity contribution < 1.29 is 4.79 Å². The average Bonchev–Trinajstić information content (AvgIpc) is 2.31. The SMILES string of the molecule is Cn1nc(C(=O)Cl)cc1CCl. The van der Waals surface area contributed by atoms with Crippen LogP contribution in [-0.2, 0) is 12.9 Å². The Balaban J connectivity index is 3.05. The Hall–Kier alpha value is -0.540. The van der Waals surface area contributed by atoms with Crippen LogP contribution >= 0.6 is 23.2 Å². The molecule has 0 radical (unpaired) electrons. The lowest BCUT2D eigenvalue weighted by atomic mass is 10.4. The standard InChI is InChI=1S/C6H6Cl2N2O/c1-10-4(3-7)2-5(9-10)6(8)11/h2H,3H2,1H3. The van der Waals surface area contributed by atoms with Crippen LogP contribution < -0.4 is 0 Å². The number of aromatic nitrogens is 2. The number of hydrogen-bond donors (Lipinski definition) is 0. The van der Waals surface area contributed by atoms with Gasteiger partial charge in [0.25, 0.3) is 5.24 Å². The zero-order valence-corrected chi connectivity index (χ0v) is 7.35. The van der Waals surface area contributed by atoms with E-state index in [2.05, 4.69) is 5.10 Å². The molecule has 0 atom stereocenters. The van der Waals surface area contributed by atoms with Crippen LogP contribution in [0.5, 0.6) is 0 Å².